The second-order valence-electron chi connectivity index (χ2n) is 1.38. The zero-order valence-corrected chi connectivity index (χ0v) is 4.97. The van der Waals surface area contributed by atoms with Crippen LogP contribution in [0.3, 0.4) is 0 Å². The van der Waals surface area contributed by atoms with E-state index in [2.05, 4.69) is 11.7 Å². The molecule has 0 rings (SSSR count). The summed E-state index contributed by atoms with van der Waals surface area (Å²) in [5.41, 5.74) is 5.04. The van der Waals surface area contributed by atoms with Crippen LogP contribution in [0.25, 0.3) is 0 Å². The van der Waals surface area contributed by atoms with E-state index in [1.165, 1.54) is 0 Å². The maximum atomic E-state index is 5.04. The van der Waals surface area contributed by atoms with E-state index in [1.54, 1.807) is 0 Å². The minimum atomic E-state index is 0.303. The van der Waals surface area contributed by atoms with Gasteiger partial charge >= 0.3 is 0 Å². The van der Waals surface area contributed by atoms with Gasteiger partial charge in [-0.05, 0) is 13.1 Å². The van der Waals surface area contributed by atoms with Crippen molar-refractivity contribution in [1.82, 2.24) is 0 Å². The Hall–Kier alpha value is -0.410. The summed E-state index contributed by atoms with van der Waals surface area (Å²) in [7, 11) is 0. The maximum Gasteiger partial charge on any atom is 0.0940 e. The lowest BCUT2D eigenvalue weighted by molar-refractivity contribution is 0.140. The molecule has 8 heavy (non-hydrogen) atoms. The summed E-state index contributed by atoms with van der Waals surface area (Å²) in [6, 6.07) is 0. The number of nitrogens with two attached hydrogens (primary N) is 1. The molecule has 0 radical (unpaired) electrons. The largest absolute Gasteiger partial charge is 0.366 e. The zero-order valence-electron chi connectivity index (χ0n) is 4.97. The smallest absolute Gasteiger partial charge is 0.0940 e. The molecule has 0 saturated heterocycles. The van der Waals surface area contributed by atoms with Gasteiger partial charge in [0.25, 0.3) is 0 Å². The number of nitrogens with zero attached hydrogens (tertiary/aromatic N) is 1. The van der Waals surface area contributed by atoms with Gasteiger partial charge in [-0.2, -0.15) is 0 Å². The lowest BCUT2D eigenvalue weighted by atomic mass is 10.5. The van der Waals surface area contributed by atoms with E-state index < -0.39 is 0 Å². The normalized spacial score (nSPS) is 9.12. The van der Waals surface area contributed by atoms with Crippen LogP contribution in [0.15, 0.2) is 4.99 Å². The fourth-order valence-electron chi connectivity index (χ4n) is 0.362. The first kappa shape index (κ1) is 7.59. The minimum absolute atomic E-state index is 0.303. The number of rotatable bonds is 5. The Morgan fingerprint density at radius 3 is 2.88 bits per heavy atom. The molecule has 0 aromatic heterocycles. The first-order valence-corrected chi connectivity index (χ1v) is 2.62. The number of ether oxygens (including phenoxy) is 1. The first-order valence-electron chi connectivity index (χ1n) is 2.62. The second-order valence-corrected chi connectivity index (χ2v) is 1.38. The maximum absolute atomic E-state index is 5.04. The van der Waals surface area contributed by atoms with E-state index in [4.69, 9.17) is 10.5 Å². The highest BCUT2D eigenvalue weighted by molar-refractivity contribution is 5.22. The van der Waals surface area contributed by atoms with Crippen molar-refractivity contribution in [3.63, 3.8) is 0 Å². The molecule has 0 aliphatic carbocycles. The van der Waals surface area contributed by atoms with Gasteiger partial charge < -0.3 is 15.5 Å². The fraction of sp³-hybridized carbons (Fsp3) is 0.800. The van der Waals surface area contributed by atoms with Crippen molar-refractivity contribution >= 4 is 6.72 Å². The van der Waals surface area contributed by atoms with Crippen LogP contribution < -0.4 is 5.73 Å². The average Bonchev–Trinajstić information content (AvgIpc) is 1.81. The third-order valence-electron chi connectivity index (χ3n) is 0.723. The molecule has 0 spiro atoms. The number of hydrogen-bond acceptors (Lipinski definition) is 3. The van der Waals surface area contributed by atoms with Gasteiger partial charge in [0, 0.05) is 6.54 Å². The molecular weight excluding hydrogens is 104 g/mol. The summed E-state index contributed by atoms with van der Waals surface area (Å²) in [4.78, 5) is 3.64. The molecule has 0 heterocycles. The van der Waals surface area contributed by atoms with Crippen LogP contribution in [-0.4, -0.2) is 26.6 Å². The fourth-order valence-corrected chi connectivity index (χ4v) is 0.362. The molecule has 0 aliphatic rings. The molecule has 0 unspecified atom stereocenters. The number of hydrogen-bond donors (Lipinski definition) is 1. The Balaban J connectivity index is 2.62. The summed E-state index contributed by atoms with van der Waals surface area (Å²) in [5.74, 6) is 0. The van der Waals surface area contributed by atoms with Gasteiger partial charge in [-0.1, -0.05) is 0 Å². The number of aliphatic imine (C=N–C) groups is 1. The van der Waals surface area contributed by atoms with Crippen LogP contribution >= 0.6 is 0 Å². The van der Waals surface area contributed by atoms with E-state index in [1.807, 2.05) is 0 Å². The predicted molar refractivity (Wildman–Crippen MR) is 34.0 cm³/mol. The topological polar surface area (TPSA) is 47.6 Å². The van der Waals surface area contributed by atoms with Crippen LogP contribution in [0.4, 0.5) is 0 Å². The van der Waals surface area contributed by atoms with Crippen molar-refractivity contribution < 1.29 is 4.74 Å². The lowest BCUT2D eigenvalue weighted by Gasteiger charge is -1.95. The van der Waals surface area contributed by atoms with Crippen molar-refractivity contribution in [2.24, 2.45) is 10.7 Å². The first-order chi connectivity index (χ1) is 3.91. The van der Waals surface area contributed by atoms with E-state index in [0.29, 0.717) is 13.3 Å². The Morgan fingerprint density at radius 1 is 1.62 bits per heavy atom. The van der Waals surface area contributed by atoms with Gasteiger partial charge in [-0.25, -0.2) is 0 Å². The molecule has 3 nitrogen and oxygen atoms in total. The Bertz CT molecular complexity index is 56.4. The average molecular weight is 116 g/mol. The molecule has 0 amide bonds. The lowest BCUT2D eigenvalue weighted by Crippen LogP contribution is -2.05. The van der Waals surface area contributed by atoms with Crippen LogP contribution in [0.2, 0.25) is 0 Å². The van der Waals surface area contributed by atoms with Crippen LogP contribution in [0.1, 0.15) is 6.42 Å². The molecule has 0 bridgehead atoms. The van der Waals surface area contributed by atoms with E-state index in [-0.39, 0.29) is 0 Å². The van der Waals surface area contributed by atoms with Crippen LogP contribution in [0.5, 0.6) is 0 Å². The van der Waals surface area contributed by atoms with Crippen molar-refractivity contribution in [3.05, 3.63) is 0 Å². The highest BCUT2D eigenvalue weighted by atomic mass is 16.5. The Labute approximate surface area is 49.5 Å². The van der Waals surface area contributed by atoms with Crippen molar-refractivity contribution in [3.8, 4) is 0 Å². The Kier molecular flexibility index (Phi) is 6.25. The molecule has 3 heteroatoms. The summed E-state index contributed by atoms with van der Waals surface area (Å²) in [6.07, 6.45) is 0.917. The van der Waals surface area contributed by atoms with Gasteiger partial charge in [0.1, 0.15) is 0 Å². The van der Waals surface area contributed by atoms with Crippen LogP contribution in [-0.2, 0) is 4.74 Å². The summed E-state index contributed by atoms with van der Waals surface area (Å²) in [6.45, 7) is 5.08. The SMILES string of the molecule is C=NCCCOCN. The molecule has 0 aromatic carbocycles. The third kappa shape index (κ3) is 5.59. The van der Waals surface area contributed by atoms with E-state index >= 15 is 0 Å². The Morgan fingerprint density at radius 2 is 2.38 bits per heavy atom. The molecular formula is C5H12N2O. The minimum Gasteiger partial charge on any atom is -0.366 e. The van der Waals surface area contributed by atoms with E-state index in [9.17, 15) is 0 Å². The second kappa shape index (κ2) is 6.59. The van der Waals surface area contributed by atoms with Gasteiger partial charge in [-0.15, -0.1) is 0 Å². The van der Waals surface area contributed by atoms with Gasteiger partial charge in [0.2, 0.25) is 0 Å². The van der Waals surface area contributed by atoms with E-state index in [0.717, 1.165) is 13.0 Å². The van der Waals surface area contributed by atoms with Gasteiger partial charge in [0.15, 0.2) is 0 Å². The van der Waals surface area contributed by atoms with Crippen LogP contribution in [0, 0.1) is 0 Å². The molecule has 0 atom stereocenters. The molecule has 0 saturated carbocycles. The van der Waals surface area contributed by atoms with Crippen molar-refractivity contribution in [1.29, 1.82) is 0 Å². The predicted octanol–water partition coefficient (Wildman–Crippen LogP) is 0.00990. The summed E-state index contributed by atoms with van der Waals surface area (Å²) < 4.78 is 4.83. The highest BCUT2D eigenvalue weighted by Crippen LogP contribution is 1.79. The summed E-state index contributed by atoms with van der Waals surface area (Å²) >= 11 is 0. The molecule has 48 valence electrons. The third-order valence-corrected chi connectivity index (χ3v) is 0.723. The van der Waals surface area contributed by atoms with Crippen molar-refractivity contribution in [2.75, 3.05) is 19.9 Å². The molecule has 0 aliphatic heterocycles. The summed E-state index contributed by atoms with van der Waals surface area (Å²) in [5, 5.41) is 0. The standard InChI is InChI=1S/C5H12N2O/c1-7-3-2-4-8-5-6/h1-6H2. The molecule has 0 aromatic rings. The quantitative estimate of drug-likeness (QED) is 0.312. The van der Waals surface area contributed by atoms with Gasteiger partial charge in [0.05, 0.1) is 13.3 Å². The molecule has 0 fully saturated rings. The highest BCUT2D eigenvalue weighted by Gasteiger charge is 1.80. The van der Waals surface area contributed by atoms with Crippen molar-refractivity contribution in [2.45, 2.75) is 6.42 Å². The zero-order chi connectivity index (χ0) is 6.24. The molecule has 2 N–H and O–H groups in total. The van der Waals surface area contributed by atoms with Gasteiger partial charge in [-0.3, -0.25) is 0 Å². The monoisotopic (exact) mass is 116 g/mol.